The molecule has 28 heavy (non-hydrogen) atoms. The molecule has 0 saturated carbocycles. The molecule has 0 spiro atoms. The number of benzene rings is 2. The van der Waals surface area contributed by atoms with E-state index in [0.717, 1.165) is 5.56 Å². The number of aromatic nitrogens is 1. The van der Waals surface area contributed by atoms with E-state index in [1.54, 1.807) is 13.0 Å². The fourth-order valence-corrected chi connectivity index (χ4v) is 2.88. The largest absolute Gasteiger partial charge is 0.458 e. The molecular formula is C20H16Cl2N2O4. The summed E-state index contributed by atoms with van der Waals surface area (Å²) in [7, 11) is 0. The number of nitrogens with zero attached hydrogens (tertiary/aromatic N) is 1. The number of rotatable bonds is 6. The molecule has 0 fully saturated rings. The van der Waals surface area contributed by atoms with Gasteiger partial charge in [-0.3, -0.25) is 9.59 Å². The number of halogens is 2. The first-order valence-corrected chi connectivity index (χ1v) is 9.10. The van der Waals surface area contributed by atoms with Gasteiger partial charge >= 0.3 is 5.97 Å². The molecule has 3 aromatic rings. The van der Waals surface area contributed by atoms with Crippen molar-refractivity contribution in [2.24, 2.45) is 0 Å². The zero-order chi connectivity index (χ0) is 20.1. The number of esters is 1. The number of carbonyl (C=O) groups excluding carboxylic acids is 2. The maximum atomic E-state index is 12.1. The fraction of sp³-hybridized carbons (Fsp3) is 0.150. The minimum Gasteiger partial charge on any atom is -0.458 e. The van der Waals surface area contributed by atoms with Crippen LogP contribution in [-0.2, 0) is 16.1 Å². The van der Waals surface area contributed by atoms with Crippen LogP contribution in [0.1, 0.15) is 21.8 Å². The van der Waals surface area contributed by atoms with Crippen molar-refractivity contribution in [3.63, 3.8) is 0 Å². The quantitative estimate of drug-likeness (QED) is 0.598. The Labute approximate surface area is 171 Å². The molecule has 0 bridgehead atoms. The van der Waals surface area contributed by atoms with E-state index in [9.17, 15) is 9.59 Å². The summed E-state index contributed by atoms with van der Waals surface area (Å²) < 4.78 is 10.8. The Kier molecular flexibility index (Phi) is 6.34. The van der Waals surface area contributed by atoms with E-state index in [2.05, 4.69) is 10.3 Å². The van der Waals surface area contributed by atoms with E-state index < -0.39 is 11.9 Å². The van der Waals surface area contributed by atoms with E-state index in [1.165, 1.54) is 12.1 Å². The zero-order valence-corrected chi connectivity index (χ0v) is 16.4. The standard InChI is InChI=1S/C20H16Cl2N2O4/c1-12-17(24-20(28-12)13-5-3-2-4-6-13)11-27-18(25)10-23-19(26)15-8-7-14(21)9-16(15)22/h2-9H,10-11H2,1H3,(H,23,26). The molecule has 1 amide bonds. The topological polar surface area (TPSA) is 81.4 Å². The second-order valence-electron chi connectivity index (χ2n) is 5.86. The van der Waals surface area contributed by atoms with Gasteiger partial charge in [0.05, 0.1) is 10.6 Å². The maximum absolute atomic E-state index is 12.1. The van der Waals surface area contributed by atoms with E-state index in [4.69, 9.17) is 32.4 Å². The average Bonchev–Trinajstić information content (AvgIpc) is 3.06. The number of amides is 1. The van der Waals surface area contributed by atoms with Gasteiger partial charge in [-0.15, -0.1) is 0 Å². The van der Waals surface area contributed by atoms with Gasteiger partial charge in [-0.05, 0) is 37.3 Å². The summed E-state index contributed by atoms with van der Waals surface area (Å²) in [6.45, 7) is 1.38. The molecule has 0 aliphatic rings. The first-order chi connectivity index (χ1) is 13.4. The summed E-state index contributed by atoms with van der Waals surface area (Å²) in [5.41, 5.74) is 1.56. The van der Waals surface area contributed by atoms with Crippen molar-refractivity contribution in [3.8, 4) is 11.5 Å². The lowest BCUT2D eigenvalue weighted by Gasteiger charge is -2.07. The van der Waals surface area contributed by atoms with Crippen LogP contribution in [0.25, 0.3) is 11.5 Å². The Morgan fingerprint density at radius 3 is 2.61 bits per heavy atom. The molecule has 0 aliphatic carbocycles. The van der Waals surface area contributed by atoms with Crippen molar-refractivity contribution in [1.82, 2.24) is 10.3 Å². The number of hydrogen-bond acceptors (Lipinski definition) is 5. The SMILES string of the molecule is Cc1oc(-c2ccccc2)nc1COC(=O)CNC(=O)c1ccc(Cl)cc1Cl. The number of carbonyl (C=O) groups is 2. The van der Waals surface area contributed by atoms with Crippen molar-refractivity contribution in [3.05, 3.63) is 75.6 Å². The van der Waals surface area contributed by atoms with Crippen LogP contribution >= 0.6 is 23.2 Å². The molecule has 2 aromatic carbocycles. The number of nitrogens with one attached hydrogen (secondary N) is 1. The highest BCUT2D eigenvalue weighted by atomic mass is 35.5. The molecule has 0 atom stereocenters. The summed E-state index contributed by atoms with van der Waals surface area (Å²) in [6.07, 6.45) is 0. The van der Waals surface area contributed by atoms with Gasteiger partial charge in [-0.2, -0.15) is 0 Å². The first kappa shape index (κ1) is 19.9. The Morgan fingerprint density at radius 1 is 1.14 bits per heavy atom. The summed E-state index contributed by atoms with van der Waals surface area (Å²) in [5.74, 6) is -0.0943. The summed E-state index contributed by atoms with van der Waals surface area (Å²) in [4.78, 5) is 28.4. The molecule has 144 valence electrons. The van der Waals surface area contributed by atoms with Crippen LogP contribution in [0, 0.1) is 6.92 Å². The highest BCUT2D eigenvalue weighted by Crippen LogP contribution is 2.22. The average molecular weight is 419 g/mol. The maximum Gasteiger partial charge on any atom is 0.325 e. The summed E-state index contributed by atoms with van der Waals surface area (Å²) in [5, 5.41) is 3.07. The Balaban J connectivity index is 1.53. The molecule has 1 N–H and O–H groups in total. The van der Waals surface area contributed by atoms with E-state index in [0.29, 0.717) is 22.4 Å². The van der Waals surface area contributed by atoms with Gasteiger partial charge in [0.2, 0.25) is 5.89 Å². The highest BCUT2D eigenvalue weighted by molar-refractivity contribution is 6.36. The van der Waals surface area contributed by atoms with Gasteiger partial charge in [0.25, 0.3) is 5.91 Å². The van der Waals surface area contributed by atoms with E-state index >= 15 is 0 Å². The monoisotopic (exact) mass is 418 g/mol. The van der Waals surface area contributed by atoms with Crippen LogP contribution in [0.15, 0.2) is 52.9 Å². The van der Waals surface area contributed by atoms with Crippen LogP contribution in [0.4, 0.5) is 0 Å². The lowest BCUT2D eigenvalue weighted by atomic mass is 10.2. The number of oxazole rings is 1. The summed E-state index contributed by atoms with van der Waals surface area (Å²) >= 11 is 11.8. The number of ether oxygens (including phenoxy) is 1. The van der Waals surface area contributed by atoms with Gasteiger partial charge in [0.15, 0.2) is 0 Å². The van der Waals surface area contributed by atoms with E-state index in [1.807, 2.05) is 30.3 Å². The first-order valence-electron chi connectivity index (χ1n) is 8.34. The van der Waals surface area contributed by atoms with Crippen molar-refractivity contribution in [2.45, 2.75) is 13.5 Å². The predicted molar refractivity (Wildman–Crippen MR) is 105 cm³/mol. The summed E-state index contributed by atoms with van der Waals surface area (Å²) in [6, 6.07) is 13.9. The second kappa shape index (κ2) is 8.91. The predicted octanol–water partition coefficient (Wildman–Crippen LogP) is 4.43. The molecule has 0 radical (unpaired) electrons. The fourth-order valence-electron chi connectivity index (χ4n) is 2.39. The van der Waals surface area contributed by atoms with Gasteiger partial charge in [0.1, 0.15) is 24.6 Å². The lowest BCUT2D eigenvalue weighted by Crippen LogP contribution is -2.30. The molecule has 0 aliphatic heterocycles. The van der Waals surface area contributed by atoms with Gasteiger partial charge in [-0.1, -0.05) is 41.4 Å². The molecule has 6 nitrogen and oxygen atoms in total. The van der Waals surface area contributed by atoms with Crippen LogP contribution in [0.3, 0.4) is 0 Å². The Morgan fingerprint density at radius 2 is 1.89 bits per heavy atom. The van der Waals surface area contributed by atoms with Crippen molar-refractivity contribution in [2.75, 3.05) is 6.54 Å². The molecule has 0 unspecified atom stereocenters. The van der Waals surface area contributed by atoms with Crippen molar-refractivity contribution < 1.29 is 18.7 Å². The van der Waals surface area contributed by atoms with E-state index in [-0.39, 0.29) is 23.7 Å². The third-order valence-corrected chi connectivity index (χ3v) is 4.40. The molecule has 8 heteroatoms. The zero-order valence-electron chi connectivity index (χ0n) is 14.9. The van der Waals surface area contributed by atoms with Crippen LogP contribution in [0.5, 0.6) is 0 Å². The molecular weight excluding hydrogens is 403 g/mol. The Bertz CT molecular complexity index is 1000. The smallest absolute Gasteiger partial charge is 0.325 e. The molecule has 0 saturated heterocycles. The normalized spacial score (nSPS) is 10.5. The molecule has 1 heterocycles. The minimum absolute atomic E-state index is 0.0570. The van der Waals surface area contributed by atoms with Crippen molar-refractivity contribution >= 4 is 35.1 Å². The van der Waals surface area contributed by atoms with Crippen LogP contribution < -0.4 is 5.32 Å². The third-order valence-electron chi connectivity index (χ3n) is 3.85. The number of hydrogen-bond donors (Lipinski definition) is 1. The van der Waals surface area contributed by atoms with Crippen LogP contribution in [-0.4, -0.2) is 23.4 Å². The number of aryl methyl sites for hydroxylation is 1. The van der Waals surface area contributed by atoms with Crippen LogP contribution in [0.2, 0.25) is 10.0 Å². The minimum atomic E-state index is -0.609. The Hall–Kier alpha value is -2.83. The molecule has 3 rings (SSSR count). The van der Waals surface area contributed by atoms with Gasteiger partial charge in [-0.25, -0.2) is 4.98 Å². The highest BCUT2D eigenvalue weighted by Gasteiger charge is 2.15. The second-order valence-corrected chi connectivity index (χ2v) is 6.70. The third kappa shape index (κ3) is 4.91. The van der Waals surface area contributed by atoms with Gasteiger partial charge < -0.3 is 14.5 Å². The molecule has 1 aromatic heterocycles. The van der Waals surface area contributed by atoms with Crippen molar-refractivity contribution in [1.29, 1.82) is 0 Å². The lowest BCUT2D eigenvalue weighted by molar-refractivity contribution is -0.143. The van der Waals surface area contributed by atoms with Gasteiger partial charge in [0, 0.05) is 10.6 Å².